The van der Waals surface area contributed by atoms with Crippen LogP contribution in [0.4, 0.5) is 0 Å². The summed E-state index contributed by atoms with van der Waals surface area (Å²) in [6.07, 6.45) is 4.17. The van der Waals surface area contributed by atoms with Crippen LogP contribution in [0.3, 0.4) is 0 Å². The lowest BCUT2D eigenvalue weighted by Crippen LogP contribution is -2.42. The Labute approximate surface area is 131 Å². The molecule has 2 heterocycles. The molecule has 1 saturated heterocycles. The van der Waals surface area contributed by atoms with E-state index in [0.717, 1.165) is 30.6 Å². The van der Waals surface area contributed by atoms with E-state index < -0.39 is 10.0 Å². The Hall–Kier alpha value is -0.100. The fraction of sp³-hybridized carbons (Fsp3) is 0.714. The molecule has 1 fully saturated rings. The van der Waals surface area contributed by atoms with Crippen molar-refractivity contribution >= 4 is 33.0 Å². The SMILES string of the molecule is CCC1(CC)CCN(S(=O)(=O)c2ccsc2CCl)CC1. The Kier molecular flexibility index (Phi) is 5.16. The van der Waals surface area contributed by atoms with Crippen LogP contribution in [0, 0.1) is 5.41 Å². The van der Waals surface area contributed by atoms with Crippen molar-refractivity contribution < 1.29 is 8.42 Å². The molecule has 0 N–H and O–H groups in total. The van der Waals surface area contributed by atoms with Gasteiger partial charge in [0.05, 0.1) is 10.8 Å². The highest BCUT2D eigenvalue weighted by molar-refractivity contribution is 7.89. The van der Waals surface area contributed by atoms with Gasteiger partial charge in [0.2, 0.25) is 10.0 Å². The van der Waals surface area contributed by atoms with Crippen molar-refractivity contribution in [2.45, 2.75) is 50.3 Å². The largest absolute Gasteiger partial charge is 0.244 e. The van der Waals surface area contributed by atoms with Crippen LogP contribution in [0.1, 0.15) is 44.4 Å². The van der Waals surface area contributed by atoms with E-state index in [4.69, 9.17) is 11.6 Å². The molecule has 1 aromatic heterocycles. The number of piperidine rings is 1. The molecule has 0 aromatic carbocycles. The molecule has 114 valence electrons. The Morgan fingerprint density at radius 3 is 2.40 bits per heavy atom. The minimum absolute atomic E-state index is 0.258. The second-order valence-electron chi connectivity index (χ2n) is 5.45. The van der Waals surface area contributed by atoms with Gasteiger partial charge >= 0.3 is 0 Å². The van der Waals surface area contributed by atoms with E-state index in [0.29, 0.717) is 23.4 Å². The first-order valence-corrected chi connectivity index (χ1v) is 9.97. The molecular formula is C14H22ClNO2S2. The molecule has 1 aliphatic rings. The van der Waals surface area contributed by atoms with Gasteiger partial charge in [-0.1, -0.05) is 26.7 Å². The van der Waals surface area contributed by atoms with Crippen molar-refractivity contribution in [2.24, 2.45) is 5.41 Å². The molecule has 0 saturated carbocycles. The van der Waals surface area contributed by atoms with Gasteiger partial charge in [0.25, 0.3) is 0 Å². The van der Waals surface area contributed by atoms with Crippen molar-refractivity contribution in [3.63, 3.8) is 0 Å². The summed E-state index contributed by atoms with van der Waals surface area (Å²) >= 11 is 7.25. The van der Waals surface area contributed by atoms with Crippen LogP contribution in [0.15, 0.2) is 16.3 Å². The molecule has 6 heteroatoms. The molecule has 0 unspecified atom stereocenters. The van der Waals surface area contributed by atoms with E-state index in [9.17, 15) is 8.42 Å². The first-order chi connectivity index (χ1) is 9.49. The van der Waals surface area contributed by atoms with E-state index >= 15 is 0 Å². The first-order valence-electron chi connectivity index (χ1n) is 7.11. The van der Waals surface area contributed by atoms with Gasteiger partial charge in [0.15, 0.2) is 0 Å². The van der Waals surface area contributed by atoms with Gasteiger partial charge in [-0.15, -0.1) is 22.9 Å². The fourth-order valence-corrected chi connectivity index (χ4v) is 6.07. The Morgan fingerprint density at radius 1 is 1.30 bits per heavy atom. The van der Waals surface area contributed by atoms with Crippen molar-refractivity contribution in [2.75, 3.05) is 13.1 Å². The van der Waals surface area contributed by atoms with Crippen LogP contribution >= 0.6 is 22.9 Å². The second-order valence-corrected chi connectivity index (χ2v) is 8.63. The zero-order valence-electron chi connectivity index (χ0n) is 12.1. The van der Waals surface area contributed by atoms with Crippen LogP contribution < -0.4 is 0 Å². The molecular weight excluding hydrogens is 314 g/mol. The maximum atomic E-state index is 12.7. The minimum Gasteiger partial charge on any atom is -0.207 e. The van der Waals surface area contributed by atoms with E-state index in [-0.39, 0.29) is 5.88 Å². The Balaban J connectivity index is 2.18. The maximum absolute atomic E-state index is 12.7. The highest BCUT2D eigenvalue weighted by atomic mass is 35.5. The van der Waals surface area contributed by atoms with Gasteiger partial charge in [-0.05, 0) is 29.7 Å². The first kappa shape index (κ1) is 16.3. The zero-order chi connectivity index (χ0) is 14.8. The molecule has 3 nitrogen and oxygen atoms in total. The summed E-state index contributed by atoms with van der Waals surface area (Å²) in [6, 6.07) is 1.68. The van der Waals surface area contributed by atoms with Crippen molar-refractivity contribution in [1.82, 2.24) is 4.31 Å². The van der Waals surface area contributed by atoms with Gasteiger partial charge in [-0.3, -0.25) is 0 Å². The monoisotopic (exact) mass is 335 g/mol. The normalized spacial score (nSPS) is 20.1. The number of alkyl halides is 1. The third kappa shape index (κ3) is 2.91. The number of hydrogen-bond acceptors (Lipinski definition) is 3. The molecule has 1 aliphatic heterocycles. The summed E-state index contributed by atoms with van der Waals surface area (Å²) < 4.78 is 27.0. The van der Waals surface area contributed by atoms with Gasteiger partial charge in [0, 0.05) is 18.0 Å². The van der Waals surface area contributed by atoms with E-state index in [1.165, 1.54) is 11.3 Å². The number of nitrogens with zero attached hydrogens (tertiary/aromatic N) is 1. The minimum atomic E-state index is -3.37. The quantitative estimate of drug-likeness (QED) is 0.760. The topological polar surface area (TPSA) is 37.4 Å². The molecule has 1 aromatic rings. The standard InChI is InChI=1S/C14H22ClNO2S2/c1-3-14(4-2)6-8-16(9-7-14)20(17,18)13-5-10-19-12(13)11-15/h5,10H,3-4,6-9,11H2,1-2H3. The predicted octanol–water partition coefficient (Wildman–Crippen LogP) is 4.08. The highest BCUT2D eigenvalue weighted by Gasteiger charge is 2.37. The third-order valence-corrected chi connectivity index (χ3v) is 8.19. The number of hydrogen-bond donors (Lipinski definition) is 0. The molecule has 2 rings (SSSR count). The van der Waals surface area contributed by atoms with Crippen molar-refractivity contribution in [1.29, 1.82) is 0 Å². The maximum Gasteiger partial charge on any atom is 0.244 e. The van der Waals surface area contributed by atoms with E-state index in [1.807, 2.05) is 0 Å². The summed E-state index contributed by atoms with van der Waals surface area (Å²) in [6.45, 7) is 5.67. The summed E-state index contributed by atoms with van der Waals surface area (Å²) in [5.74, 6) is 0.258. The Bertz CT molecular complexity index is 539. The summed E-state index contributed by atoms with van der Waals surface area (Å²) in [7, 11) is -3.37. The highest BCUT2D eigenvalue weighted by Crippen LogP contribution is 2.39. The van der Waals surface area contributed by atoms with Gasteiger partial charge in [0.1, 0.15) is 0 Å². The molecule has 0 aliphatic carbocycles. The van der Waals surface area contributed by atoms with Gasteiger partial charge in [-0.2, -0.15) is 4.31 Å². The lowest BCUT2D eigenvalue weighted by molar-refractivity contribution is 0.141. The molecule has 20 heavy (non-hydrogen) atoms. The zero-order valence-corrected chi connectivity index (χ0v) is 14.5. The number of thiophene rings is 1. The van der Waals surface area contributed by atoms with E-state index in [2.05, 4.69) is 13.8 Å². The van der Waals surface area contributed by atoms with Crippen LogP contribution in [-0.4, -0.2) is 25.8 Å². The molecule has 0 bridgehead atoms. The fourth-order valence-electron chi connectivity index (χ4n) is 2.95. The summed E-state index contributed by atoms with van der Waals surface area (Å²) in [5, 5.41) is 1.80. The summed E-state index contributed by atoms with van der Waals surface area (Å²) in [4.78, 5) is 1.15. The lowest BCUT2D eigenvalue weighted by atomic mass is 9.75. The van der Waals surface area contributed by atoms with Gasteiger partial charge < -0.3 is 0 Å². The number of rotatable bonds is 5. The van der Waals surface area contributed by atoms with Crippen molar-refractivity contribution in [3.8, 4) is 0 Å². The Morgan fingerprint density at radius 2 is 1.90 bits per heavy atom. The van der Waals surface area contributed by atoms with Crippen molar-refractivity contribution in [3.05, 3.63) is 16.3 Å². The molecule has 0 amide bonds. The second kappa shape index (κ2) is 6.34. The summed E-state index contributed by atoms with van der Waals surface area (Å²) in [5.41, 5.74) is 0.329. The molecule has 0 atom stereocenters. The third-order valence-electron chi connectivity index (χ3n) is 4.73. The number of sulfonamides is 1. The predicted molar refractivity (Wildman–Crippen MR) is 84.9 cm³/mol. The van der Waals surface area contributed by atoms with Crippen LogP contribution in [-0.2, 0) is 15.9 Å². The molecule has 0 spiro atoms. The molecule has 0 radical (unpaired) electrons. The van der Waals surface area contributed by atoms with E-state index in [1.54, 1.807) is 15.8 Å². The van der Waals surface area contributed by atoms with Crippen LogP contribution in [0.5, 0.6) is 0 Å². The average Bonchev–Trinajstić information content (AvgIpc) is 2.96. The van der Waals surface area contributed by atoms with Crippen LogP contribution in [0.25, 0.3) is 0 Å². The van der Waals surface area contributed by atoms with Gasteiger partial charge in [-0.25, -0.2) is 8.42 Å². The lowest BCUT2D eigenvalue weighted by Gasteiger charge is -2.40. The smallest absolute Gasteiger partial charge is 0.207 e. The number of halogens is 1. The van der Waals surface area contributed by atoms with Crippen LogP contribution in [0.2, 0.25) is 0 Å². The average molecular weight is 336 g/mol.